The lowest BCUT2D eigenvalue weighted by atomic mass is 10.6. The van der Waals surface area contributed by atoms with Crippen LogP contribution in [-0.2, 0) is 0 Å². The van der Waals surface area contributed by atoms with Gasteiger partial charge in [0.2, 0.25) is 5.96 Å². The maximum atomic E-state index is 10.6. The van der Waals surface area contributed by atoms with Crippen LogP contribution < -0.4 is 21.5 Å². The number of hydrogen-bond acceptors (Lipinski definition) is 8. The number of rotatable bonds is 2. The second kappa shape index (κ2) is 4.83. The third-order valence-corrected chi connectivity index (χ3v) is 3.00. The molecule has 0 saturated heterocycles. The van der Waals surface area contributed by atoms with E-state index in [-0.39, 0.29) is 5.00 Å². The molecule has 2 amide bonds. The standard InChI is InChI=1S/C7H9N7O3S/c8-5(15)11-12-6-9-1-2-13(6)7-10-3-4(18-7)14(16)17/h3H,1-2H2,(H,9,12)(H3,8,11,15). The van der Waals surface area contributed by atoms with Crippen LogP contribution in [0, 0.1) is 10.1 Å². The summed E-state index contributed by atoms with van der Waals surface area (Å²) in [6.45, 7) is 1.02. The number of carbonyl (C=O) groups excluding carboxylic acids is 1. The van der Waals surface area contributed by atoms with E-state index in [1.807, 2.05) is 0 Å². The van der Waals surface area contributed by atoms with E-state index in [9.17, 15) is 14.9 Å². The van der Waals surface area contributed by atoms with Gasteiger partial charge in [-0.05, 0) is 11.3 Å². The van der Waals surface area contributed by atoms with Crippen LogP contribution in [0.2, 0.25) is 0 Å². The summed E-state index contributed by atoms with van der Waals surface area (Å²) < 4.78 is 0. The lowest BCUT2D eigenvalue weighted by Gasteiger charge is -2.17. The molecule has 4 N–H and O–H groups in total. The number of anilines is 1. The van der Waals surface area contributed by atoms with Gasteiger partial charge in [0.05, 0.1) is 11.5 Å². The van der Waals surface area contributed by atoms with Crippen molar-refractivity contribution in [3.63, 3.8) is 0 Å². The van der Waals surface area contributed by atoms with Crippen molar-refractivity contribution in [2.24, 2.45) is 10.7 Å². The first-order valence-corrected chi connectivity index (χ1v) is 5.63. The van der Waals surface area contributed by atoms with E-state index in [0.717, 1.165) is 11.3 Å². The molecule has 0 aliphatic carbocycles. The van der Waals surface area contributed by atoms with Crippen LogP contribution in [0.1, 0.15) is 0 Å². The molecule has 0 unspecified atom stereocenters. The maximum absolute atomic E-state index is 10.6. The van der Waals surface area contributed by atoms with E-state index in [1.165, 1.54) is 6.20 Å². The number of hydrazine groups is 1. The molecule has 11 heteroatoms. The number of nitrogens with one attached hydrogen (secondary N) is 2. The molecule has 96 valence electrons. The number of primary amides is 1. The Morgan fingerprint density at radius 2 is 2.44 bits per heavy atom. The Balaban J connectivity index is 2.09. The average Bonchev–Trinajstić information content (AvgIpc) is 2.94. The smallest absolute Gasteiger partial charge is 0.345 e. The van der Waals surface area contributed by atoms with Crippen LogP contribution in [0.25, 0.3) is 0 Å². The highest BCUT2D eigenvalue weighted by Gasteiger charge is 2.24. The van der Waals surface area contributed by atoms with Gasteiger partial charge < -0.3 is 5.73 Å². The van der Waals surface area contributed by atoms with Crippen molar-refractivity contribution in [2.75, 3.05) is 18.0 Å². The lowest BCUT2D eigenvalue weighted by Crippen LogP contribution is -2.50. The summed E-state index contributed by atoms with van der Waals surface area (Å²) in [5, 5.41) is 10.9. The predicted octanol–water partition coefficient (Wildman–Crippen LogP) is -0.600. The molecule has 18 heavy (non-hydrogen) atoms. The minimum atomic E-state index is -0.755. The topological polar surface area (TPSA) is 139 Å². The first-order valence-electron chi connectivity index (χ1n) is 4.81. The number of hydrogen-bond donors (Lipinski definition) is 3. The number of aliphatic imine (C=N–C) groups is 1. The fraction of sp³-hybridized carbons (Fsp3) is 0.286. The third kappa shape index (κ3) is 2.45. The Labute approximate surface area is 105 Å². The lowest BCUT2D eigenvalue weighted by molar-refractivity contribution is -0.380. The van der Waals surface area contributed by atoms with Gasteiger partial charge in [0.25, 0.3) is 0 Å². The van der Waals surface area contributed by atoms with Crippen LogP contribution in [0.5, 0.6) is 0 Å². The Kier molecular flexibility index (Phi) is 3.23. The van der Waals surface area contributed by atoms with Gasteiger partial charge in [-0.25, -0.2) is 20.2 Å². The molecule has 2 heterocycles. The quantitative estimate of drug-likeness (QED) is 0.485. The first kappa shape index (κ1) is 12.0. The van der Waals surface area contributed by atoms with Crippen molar-refractivity contribution < 1.29 is 9.72 Å². The maximum Gasteiger partial charge on any atom is 0.345 e. The highest BCUT2D eigenvalue weighted by molar-refractivity contribution is 7.18. The summed E-state index contributed by atoms with van der Waals surface area (Å²) >= 11 is 0.927. The molecule has 0 saturated carbocycles. The highest BCUT2D eigenvalue weighted by Crippen LogP contribution is 2.28. The van der Waals surface area contributed by atoms with Crippen LogP contribution in [0.4, 0.5) is 14.9 Å². The summed E-state index contributed by atoms with van der Waals surface area (Å²) in [7, 11) is 0. The molecule has 0 aromatic carbocycles. The zero-order chi connectivity index (χ0) is 13.1. The summed E-state index contributed by atoms with van der Waals surface area (Å²) in [6.07, 6.45) is 1.18. The zero-order valence-corrected chi connectivity index (χ0v) is 9.81. The van der Waals surface area contributed by atoms with Crippen molar-refractivity contribution in [3.8, 4) is 0 Å². The van der Waals surface area contributed by atoms with E-state index in [1.54, 1.807) is 4.90 Å². The number of aromatic nitrogens is 1. The number of urea groups is 1. The van der Waals surface area contributed by atoms with E-state index < -0.39 is 11.0 Å². The molecule has 0 spiro atoms. The molecule has 2 rings (SSSR count). The average molecular weight is 271 g/mol. The molecule has 1 aromatic rings. The summed E-state index contributed by atoms with van der Waals surface area (Å²) in [4.78, 5) is 30.2. The van der Waals surface area contributed by atoms with Crippen LogP contribution >= 0.6 is 11.3 Å². The fourth-order valence-electron chi connectivity index (χ4n) is 1.32. The summed E-state index contributed by atoms with van der Waals surface area (Å²) in [6, 6.07) is -0.755. The molecule has 1 aromatic heterocycles. The van der Waals surface area contributed by atoms with E-state index in [0.29, 0.717) is 24.2 Å². The van der Waals surface area contributed by atoms with Gasteiger partial charge in [-0.1, -0.05) is 0 Å². The van der Waals surface area contributed by atoms with Crippen LogP contribution in [0.15, 0.2) is 11.2 Å². The minimum Gasteiger partial charge on any atom is -0.350 e. The molecule has 1 aliphatic heterocycles. The van der Waals surface area contributed by atoms with Gasteiger partial charge in [0.1, 0.15) is 6.20 Å². The largest absolute Gasteiger partial charge is 0.350 e. The zero-order valence-electron chi connectivity index (χ0n) is 8.99. The number of nitro groups is 1. The molecule has 1 aliphatic rings. The second-order valence-electron chi connectivity index (χ2n) is 3.21. The number of nitrogens with two attached hydrogens (primary N) is 1. The van der Waals surface area contributed by atoms with E-state index >= 15 is 0 Å². The van der Waals surface area contributed by atoms with E-state index in [4.69, 9.17) is 5.73 Å². The molecular weight excluding hydrogens is 262 g/mol. The van der Waals surface area contributed by atoms with Crippen LogP contribution in [-0.4, -0.2) is 35.0 Å². The van der Waals surface area contributed by atoms with Gasteiger partial charge in [0, 0.05) is 6.54 Å². The predicted molar refractivity (Wildman–Crippen MR) is 64.3 cm³/mol. The van der Waals surface area contributed by atoms with Gasteiger partial charge in [-0.15, -0.1) is 0 Å². The van der Waals surface area contributed by atoms with Crippen molar-refractivity contribution in [2.45, 2.75) is 0 Å². The number of carbonyl (C=O) groups is 1. The second-order valence-corrected chi connectivity index (χ2v) is 4.20. The van der Waals surface area contributed by atoms with Gasteiger partial charge >= 0.3 is 11.0 Å². The molecule has 0 atom stereocenters. The Hall–Kier alpha value is -2.43. The summed E-state index contributed by atoms with van der Waals surface area (Å²) in [5.74, 6) is 0.345. The van der Waals surface area contributed by atoms with Crippen molar-refractivity contribution in [1.29, 1.82) is 0 Å². The van der Waals surface area contributed by atoms with Crippen molar-refractivity contribution in [1.82, 2.24) is 15.8 Å². The normalized spacial score (nSPS) is 14.2. The van der Waals surface area contributed by atoms with Crippen molar-refractivity contribution >= 4 is 33.5 Å². The first-order chi connectivity index (χ1) is 8.58. The molecule has 0 fully saturated rings. The van der Waals surface area contributed by atoms with Gasteiger partial charge in [-0.3, -0.25) is 20.4 Å². The number of amides is 2. The molecular formula is C7H9N7O3S. The van der Waals surface area contributed by atoms with E-state index in [2.05, 4.69) is 20.8 Å². The highest BCUT2D eigenvalue weighted by atomic mass is 32.1. The SMILES string of the molecule is NC(=O)NNC1=NCCN1c1ncc([N+](=O)[O-])s1. The third-order valence-electron chi connectivity index (χ3n) is 2.03. The minimum absolute atomic E-state index is 0.0564. The number of nitrogens with zero attached hydrogens (tertiary/aromatic N) is 4. The Morgan fingerprint density at radius 3 is 3.06 bits per heavy atom. The monoisotopic (exact) mass is 271 g/mol. The molecule has 0 bridgehead atoms. The Morgan fingerprint density at radius 1 is 1.67 bits per heavy atom. The number of thiazole rings is 1. The van der Waals surface area contributed by atoms with Crippen LogP contribution in [0.3, 0.4) is 0 Å². The molecule has 0 radical (unpaired) electrons. The fourth-order valence-corrected chi connectivity index (χ4v) is 2.08. The molecule has 10 nitrogen and oxygen atoms in total. The van der Waals surface area contributed by atoms with Gasteiger partial charge in [-0.2, -0.15) is 0 Å². The summed E-state index contributed by atoms with van der Waals surface area (Å²) in [5.41, 5.74) is 9.60. The Bertz CT molecular complexity index is 513. The van der Waals surface area contributed by atoms with Crippen molar-refractivity contribution in [3.05, 3.63) is 16.3 Å². The van der Waals surface area contributed by atoms with Gasteiger partial charge in [0.15, 0.2) is 5.13 Å². The number of guanidine groups is 1.